The van der Waals surface area contributed by atoms with Crippen LogP contribution in [-0.4, -0.2) is 12.5 Å². The van der Waals surface area contributed by atoms with E-state index in [2.05, 4.69) is 10.6 Å². The number of benzene rings is 2. The van der Waals surface area contributed by atoms with Crippen LogP contribution in [0.5, 0.6) is 0 Å². The lowest BCUT2D eigenvalue weighted by Gasteiger charge is -2.08. The van der Waals surface area contributed by atoms with Gasteiger partial charge < -0.3 is 10.6 Å². The highest BCUT2D eigenvalue weighted by Crippen LogP contribution is 2.19. The molecule has 0 aliphatic carbocycles. The summed E-state index contributed by atoms with van der Waals surface area (Å²) in [6.45, 7) is 2.35. The lowest BCUT2D eigenvalue weighted by molar-refractivity contribution is -0.115. The molecule has 0 aliphatic heterocycles. The molecule has 2 rings (SSSR count). The van der Waals surface area contributed by atoms with Gasteiger partial charge in [0.25, 0.3) is 0 Å². The van der Waals surface area contributed by atoms with Crippen molar-refractivity contribution in [2.75, 3.05) is 11.9 Å². The van der Waals surface area contributed by atoms with Gasteiger partial charge in [-0.25, -0.2) is 13.2 Å². The molecule has 3 nitrogen and oxygen atoms in total. The largest absolute Gasteiger partial charge is 0.322 e. The maximum atomic E-state index is 13.4. The minimum atomic E-state index is -1.61. The Kier molecular flexibility index (Phi) is 5.16. The highest BCUT2D eigenvalue weighted by molar-refractivity contribution is 5.92. The lowest BCUT2D eigenvalue weighted by atomic mass is 10.1. The second-order valence-corrected chi connectivity index (χ2v) is 4.86. The number of carbonyl (C=O) groups is 1. The van der Waals surface area contributed by atoms with E-state index >= 15 is 0 Å². The number of halogens is 3. The Labute approximate surface area is 126 Å². The molecule has 0 bridgehead atoms. The summed E-state index contributed by atoms with van der Waals surface area (Å²) in [4.78, 5) is 11.7. The average molecular weight is 308 g/mol. The Bertz CT molecular complexity index is 689. The van der Waals surface area contributed by atoms with E-state index in [0.29, 0.717) is 6.54 Å². The number of nitrogens with one attached hydrogen (secondary N) is 2. The quantitative estimate of drug-likeness (QED) is 0.833. The van der Waals surface area contributed by atoms with E-state index in [0.717, 1.165) is 23.3 Å². The molecule has 0 spiro atoms. The molecular formula is C16H15F3N2O. The standard InChI is InChI=1S/C16H15F3N2O/c1-10-3-2-4-11(7-10)8-20-9-14(22)21-13-6-5-12(17)15(18)16(13)19/h2-7,20H,8-9H2,1H3,(H,21,22). The number of hydrogen-bond acceptors (Lipinski definition) is 2. The van der Waals surface area contributed by atoms with Crippen molar-refractivity contribution < 1.29 is 18.0 Å². The number of aryl methyl sites for hydroxylation is 1. The molecule has 22 heavy (non-hydrogen) atoms. The minimum Gasteiger partial charge on any atom is -0.322 e. The van der Waals surface area contributed by atoms with Crippen molar-refractivity contribution in [3.05, 3.63) is 65.0 Å². The third-order valence-corrected chi connectivity index (χ3v) is 3.01. The molecule has 2 N–H and O–H groups in total. The van der Waals surface area contributed by atoms with Gasteiger partial charge in [0.2, 0.25) is 5.91 Å². The van der Waals surface area contributed by atoms with Crippen molar-refractivity contribution in [3.63, 3.8) is 0 Å². The van der Waals surface area contributed by atoms with E-state index in [1.165, 1.54) is 0 Å². The van der Waals surface area contributed by atoms with Crippen molar-refractivity contribution in [2.24, 2.45) is 0 Å². The average Bonchev–Trinajstić information content (AvgIpc) is 2.48. The molecular weight excluding hydrogens is 293 g/mol. The van der Waals surface area contributed by atoms with Crippen LogP contribution in [0.1, 0.15) is 11.1 Å². The molecule has 0 saturated heterocycles. The van der Waals surface area contributed by atoms with E-state index in [4.69, 9.17) is 0 Å². The van der Waals surface area contributed by atoms with Gasteiger partial charge in [0, 0.05) is 6.54 Å². The van der Waals surface area contributed by atoms with Crippen molar-refractivity contribution in [3.8, 4) is 0 Å². The monoisotopic (exact) mass is 308 g/mol. The summed E-state index contributed by atoms with van der Waals surface area (Å²) in [6.07, 6.45) is 0. The summed E-state index contributed by atoms with van der Waals surface area (Å²) < 4.78 is 39.2. The van der Waals surface area contributed by atoms with Crippen LogP contribution >= 0.6 is 0 Å². The maximum Gasteiger partial charge on any atom is 0.238 e. The highest BCUT2D eigenvalue weighted by Gasteiger charge is 2.14. The first-order chi connectivity index (χ1) is 10.5. The Morgan fingerprint density at radius 1 is 1.09 bits per heavy atom. The van der Waals surface area contributed by atoms with E-state index in [1.54, 1.807) is 0 Å². The van der Waals surface area contributed by atoms with Crippen molar-refractivity contribution in [1.29, 1.82) is 0 Å². The van der Waals surface area contributed by atoms with Crippen LogP contribution in [0.25, 0.3) is 0 Å². The zero-order valence-corrected chi connectivity index (χ0v) is 11.9. The number of hydrogen-bond donors (Lipinski definition) is 2. The van der Waals surface area contributed by atoms with Gasteiger partial charge in [-0.15, -0.1) is 0 Å². The Morgan fingerprint density at radius 2 is 1.86 bits per heavy atom. The third kappa shape index (κ3) is 4.08. The molecule has 0 atom stereocenters. The first kappa shape index (κ1) is 16.0. The molecule has 2 aromatic rings. The molecule has 0 aliphatic rings. The predicted molar refractivity (Wildman–Crippen MR) is 77.8 cm³/mol. The summed E-state index contributed by atoms with van der Waals surface area (Å²) in [5, 5.41) is 5.08. The number of anilines is 1. The van der Waals surface area contributed by atoms with Crippen molar-refractivity contribution in [2.45, 2.75) is 13.5 Å². The van der Waals surface area contributed by atoms with Crippen LogP contribution in [-0.2, 0) is 11.3 Å². The van der Waals surface area contributed by atoms with E-state index in [-0.39, 0.29) is 12.2 Å². The highest BCUT2D eigenvalue weighted by atomic mass is 19.2. The maximum absolute atomic E-state index is 13.4. The van der Waals surface area contributed by atoms with Gasteiger partial charge in [-0.05, 0) is 24.6 Å². The molecule has 6 heteroatoms. The van der Waals surface area contributed by atoms with Gasteiger partial charge in [0.05, 0.1) is 12.2 Å². The third-order valence-electron chi connectivity index (χ3n) is 3.01. The zero-order valence-electron chi connectivity index (χ0n) is 11.9. The van der Waals surface area contributed by atoms with Crippen LogP contribution < -0.4 is 10.6 Å². The first-order valence-corrected chi connectivity index (χ1v) is 6.67. The van der Waals surface area contributed by atoms with E-state index in [1.807, 2.05) is 31.2 Å². The Hall–Kier alpha value is -2.34. The molecule has 0 radical (unpaired) electrons. The molecule has 0 aromatic heterocycles. The number of rotatable bonds is 5. The fraction of sp³-hybridized carbons (Fsp3) is 0.188. The van der Waals surface area contributed by atoms with Crippen LogP contribution in [0.2, 0.25) is 0 Å². The first-order valence-electron chi connectivity index (χ1n) is 6.67. The van der Waals surface area contributed by atoms with Crippen LogP contribution in [0.3, 0.4) is 0 Å². The molecule has 116 valence electrons. The van der Waals surface area contributed by atoms with Gasteiger partial charge in [-0.3, -0.25) is 4.79 Å². The summed E-state index contributed by atoms with van der Waals surface area (Å²) in [5.41, 5.74) is 1.72. The van der Waals surface area contributed by atoms with Gasteiger partial charge in [0.15, 0.2) is 17.5 Å². The fourth-order valence-corrected chi connectivity index (χ4v) is 1.96. The van der Waals surface area contributed by atoms with E-state index < -0.39 is 23.4 Å². The molecule has 0 unspecified atom stereocenters. The lowest BCUT2D eigenvalue weighted by Crippen LogP contribution is -2.28. The molecule has 2 aromatic carbocycles. The van der Waals surface area contributed by atoms with Crippen molar-refractivity contribution in [1.82, 2.24) is 5.32 Å². The van der Waals surface area contributed by atoms with Gasteiger partial charge in [-0.1, -0.05) is 29.8 Å². The predicted octanol–water partition coefficient (Wildman–Crippen LogP) is 3.14. The summed E-state index contributed by atoms with van der Waals surface area (Å²) in [7, 11) is 0. The van der Waals surface area contributed by atoms with Gasteiger partial charge in [0.1, 0.15) is 0 Å². The summed E-state index contributed by atoms with van der Waals surface area (Å²) in [5.74, 6) is -4.86. The fourth-order valence-electron chi connectivity index (χ4n) is 1.96. The Morgan fingerprint density at radius 3 is 2.59 bits per heavy atom. The molecule has 0 heterocycles. The van der Waals surface area contributed by atoms with Gasteiger partial charge in [-0.2, -0.15) is 0 Å². The Balaban J connectivity index is 1.87. The molecule has 0 saturated carbocycles. The second kappa shape index (κ2) is 7.09. The minimum absolute atomic E-state index is 0.0770. The summed E-state index contributed by atoms with van der Waals surface area (Å²) in [6, 6.07) is 9.48. The molecule has 1 amide bonds. The SMILES string of the molecule is Cc1cccc(CNCC(=O)Nc2ccc(F)c(F)c2F)c1. The van der Waals surface area contributed by atoms with Crippen molar-refractivity contribution >= 4 is 11.6 Å². The van der Waals surface area contributed by atoms with Crippen LogP contribution in [0, 0.1) is 24.4 Å². The number of carbonyl (C=O) groups excluding carboxylic acids is 1. The molecule has 0 fully saturated rings. The topological polar surface area (TPSA) is 41.1 Å². The van der Waals surface area contributed by atoms with Gasteiger partial charge >= 0.3 is 0 Å². The normalized spacial score (nSPS) is 10.5. The smallest absolute Gasteiger partial charge is 0.238 e. The van der Waals surface area contributed by atoms with Crippen LogP contribution in [0.15, 0.2) is 36.4 Å². The number of amides is 1. The second-order valence-electron chi connectivity index (χ2n) is 4.86. The van der Waals surface area contributed by atoms with E-state index in [9.17, 15) is 18.0 Å². The summed E-state index contributed by atoms with van der Waals surface area (Å²) >= 11 is 0. The zero-order chi connectivity index (χ0) is 16.1. The van der Waals surface area contributed by atoms with Crippen LogP contribution in [0.4, 0.5) is 18.9 Å².